The topological polar surface area (TPSA) is 45.4 Å². The summed E-state index contributed by atoms with van der Waals surface area (Å²) < 4.78 is 6.85. The Kier molecular flexibility index (Phi) is 6.58. The van der Waals surface area contributed by atoms with Crippen molar-refractivity contribution in [2.45, 2.75) is 13.5 Å². The van der Waals surface area contributed by atoms with Gasteiger partial charge >= 0.3 is 0 Å². The van der Waals surface area contributed by atoms with Crippen molar-refractivity contribution in [3.63, 3.8) is 0 Å². The van der Waals surface area contributed by atoms with Gasteiger partial charge in [-0.15, -0.1) is 12.4 Å². The average Bonchev–Trinajstić information content (AvgIpc) is 2.78. The molecule has 2 rings (SSSR count). The quantitative estimate of drug-likeness (QED) is 0.814. The number of rotatable bonds is 5. The molecular weight excluding hydrogens is 330 g/mol. The van der Waals surface area contributed by atoms with Crippen molar-refractivity contribution < 1.29 is 9.52 Å². The van der Waals surface area contributed by atoms with Gasteiger partial charge < -0.3 is 14.8 Å². The number of hydrogen-bond donors (Lipinski definition) is 2. The van der Waals surface area contributed by atoms with Gasteiger partial charge in [0.05, 0.1) is 13.2 Å². The molecule has 2 N–H and O–H groups in total. The fraction of sp³-hybridized carbons (Fsp3) is 0.286. The second-order valence-corrected chi connectivity index (χ2v) is 5.04. The second-order valence-electron chi connectivity index (χ2n) is 4.13. The third-order valence-corrected chi connectivity index (χ3v) is 3.20. The molecule has 0 spiro atoms. The zero-order valence-corrected chi connectivity index (χ0v) is 13.1. The van der Waals surface area contributed by atoms with Crippen LogP contribution >= 0.6 is 28.3 Å². The molecule has 0 saturated carbocycles. The van der Waals surface area contributed by atoms with Crippen LogP contribution in [0.1, 0.15) is 11.3 Å². The van der Waals surface area contributed by atoms with Crippen LogP contribution in [0.5, 0.6) is 0 Å². The van der Waals surface area contributed by atoms with Gasteiger partial charge in [-0.2, -0.15) is 0 Å². The molecule has 19 heavy (non-hydrogen) atoms. The highest BCUT2D eigenvalue weighted by molar-refractivity contribution is 9.10. The molecule has 1 heterocycles. The Morgan fingerprint density at radius 3 is 2.74 bits per heavy atom. The normalized spacial score (nSPS) is 10.3. The number of aryl methyl sites for hydroxylation is 1. The van der Waals surface area contributed by atoms with Crippen LogP contribution in [0.4, 0.5) is 0 Å². The summed E-state index contributed by atoms with van der Waals surface area (Å²) in [7, 11) is 0. The molecule has 0 fully saturated rings. The lowest BCUT2D eigenvalue weighted by molar-refractivity contribution is 0.290. The highest BCUT2D eigenvalue weighted by Gasteiger charge is 2.07. The Labute approximate surface area is 127 Å². The third kappa shape index (κ3) is 4.35. The first kappa shape index (κ1) is 16.2. The molecule has 3 nitrogen and oxygen atoms in total. The van der Waals surface area contributed by atoms with Gasteiger partial charge in [0.1, 0.15) is 11.5 Å². The maximum absolute atomic E-state index is 8.69. The molecule has 0 radical (unpaired) electrons. The molecule has 0 amide bonds. The summed E-state index contributed by atoms with van der Waals surface area (Å²) in [4.78, 5) is 0. The molecule has 0 atom stereocenters. The van der Waals surface area contributed by atoms with Crippen molar-refractivity contribution in [3.8, 4) is 11.3 Å². The molecule has 0 unspecified atom stereocenters. The summed E-state index contributed by atoms with van der Waals surface area (Å²) >= 11 is 3.45. The number of furan rings is 1. The number of aliphatic hydroxyl groups excluding tert-OH is 1. The van der Waals surface area contributed by atoms with Crippen LogP contribution in [0.25, 0.3) is 11.3 Å². The van der Waals surface area contributed by atoms with Gasteiger partial charge in [-0.25, -0.2) is 0 Å². The first-order valence-corrected chi connectivity index (χ1v) is 6.67. The number of aliphatic hydroxyl groups is 1. The van der Waals surface area contributed by atoms with Crippen molar-refractivity contribution >= 4 is 28.3 Å². The maximum Gasteiger partial charge on any atom is 0.134 e. The SMILES string of the molecule is Cc1cc(Br)ccc1-c1ccc(CNCCO)o1.Cl. The van der Waals surface area contributed by atoms with E-state index >= 15 is 0 Å². The van der Waals surface area contributed by atoms with E-state index in [1.807, 2.05) is 24.3 Å². The van der Waals surface area contributed by atoms with Crippen LogP contribution in [-0.2, 0) is 6.54 Å². The lowest BCUT2D eigenvalue weighted by Crippen LogP contribution is -2.16. The molecule has 0 saturated heterocycles. The van der Waals surface area contributed by atoms with Crippen molar-refractivity contribution in [3.05, 3.63) is 46.1 Å². The lowest BCUT2D eigenvalue weighted by atomic mass is 10.1. The van der Waals surface area contributed by atoms with E-state index < -0.39 is 0 Å². The summed E-state index contributed by atoms with van der Waals surface area (Å²) in [6.45, 7) is 3.41. The summed E-state index contributed by atoms with van der Waals surface area (Å²) in [5.41, 5.74) is 2.28. The van der Waals surface area contributed by atoms with Crippen LogP contribution < -0.4 is 5.32 Å². The highest BCUT2D eigenvalue weighted by atomic mass is 79.9. The minimum absolute atomic E-state index is 0. The van der Waals surface area contributed by atoms with E-state index in [0.29, 0.717) is 13.1 Å². The van der Waals surface area contributed by atoms with Crippen LogP contribution in [-0.4, -0.2) is 18.3 Å². The maximum atomic E-state index is 8.69. The molecule has 1 aromatic carbocycles. The van der Waals surface area contributed by atoms with Crippen molar-refractivity contribution in [1.29, 1.82) is 0 Å². The van der Waals surface area contributed by atoms with E-state index in [1.54, 1.807) is 0 Å². The number of hydrogen-bond acceptors (Lipinski definition) is 3. The summed E-state index contributed by atoms with van der Waals surface area (Å²) in [6.07, 6.45) is 0. The highest BCUT2D eigenvalue weighted by Crippen LogP contribution is 2.27. The van der Waals surface area contributed by atoms with Gasteiger partial charge in [0, 0.05) is 16.6 Å². The molecule has 2 aromatic rings. The van der Waals surface area contributed by atoms with Crippen LogP contribution in [0.2, 0.25) is 0 Å². The monoisotopic (exact) mass is 345 g/mol. The van der Waals surface area contributed by atoms with E-state index in [4.69, 9.17) is 9.52 Å². The molecule has 0 aliphatic carbocycles. The summed E-state index contributed by atoms with van der Waals surface area (Å²) in [5.74, 6) is 1.75. The molecule has 1 aromatic heterocycles. The number of halogens is 2. The minimum atomic E-state index is 0. The molecule has 0 aliphatic rings. The zero-order chi connectivity index (χ0) is 13.0. The Hall–Kier alpha value is -0.810. The third-order valence-electron chi connectivity index (χ3n) is 2.70. The van der Waals surface area contributed by atoms with E-state index in [2.05, 4.69) is 34.2 Å². The fourth-order valence-electron chi connectivity index (χ4n) is 1.81. The van der Waals surface area contributed by atoms with E-state index in [9.17, 15) is 0 Å². The van der Waals surface area contributed by atoms with Crippen molar-refractivity contribution in [2.24, 2.45) is 0 Å². The van der Waals surface area contributed by atoms with Gasteiger partial charge in [-0.3, -0.25) is 0 Å². The smallest absolute Gasteiger partial charge is 0.134 e. The van der Waals surface area contributed by atoms with Crippen LogP contribution in [0.15, 0.2) is 39.2 Å². The Morgan fingerprint density at radius 2 is 2.05 bits per heavy atom. The second kappa shape index (κ2) is 7.70. The fourth-order valence-corrected chi connectivity index (χ4v) is 2.29. The van der Waals surface area contributed by atoms with Gasteiger partial charge in [0.2, 0.25) is 0 Å². The molecule has 104 valence electrons. The van der Waals surface area contributed by atoms with E-state index in [0.717, 1.165) is 21.6 Å². The lowest BCUT2D eigenvalue weighted by Gasteiger charge is -2.03. The molecular formula is C14H17BrClNO2. The summed E-state index contributed by atoms with van der Waals surface area (Å²) in [6, 6.07) is 10.1. The zero-order valence-electron chi connectivity index (χ0n) is 10.6. The van der Waals surface area contributed by atoms with Crippen molar-refractivity contribution in [1.82, 2.24) is 5.32 Å². The predicted octanol–water partition coefficient (Wildman–Crippen LogP) is 3.52. The summed E-state index contributed by atoms with van der Waals surface area (Å²) in [5, 5.41) is 11.8. The first-order chi connectivity index (χ1) is 8.70. The molecule has 0 aliphatic heterocycles. The van der Waals surface area contributed by atoms with E-state index in [-0.39, 0.29) is 19.0 Å². The minimum Gasteiger partial charge on any atom is -0.460 e. The number of benzene rings is 1. The van der Waals surface area contributed by atoms with Gasteiger partial charge in [0.15, 0.2) is 0 Å². The average molecular weight is 347 g/mol. The van der Waals surface area contributed by atoms with Crippen molar-refractivity contribution in [2.75, 3.05) is 13.2 Å². The first-order valence-electron chi connectivity index (χ1n) is 5.87. The standard InChI is InChI=1S/C14H16BrNO2.ClH/c1-10-8-11(15)2-4-13(10)14-5-3-12(18-14)9-16-6-7-17;/h2-5,8,16-17H,6-7,9H2,1H3;1H. The Bertz CT molecular complexity index is 528. The predicted molar refractivity (Wildman–Crippen MR) is 82.6 cm³/mol. The van der Waals surface area contributed by atoms with Gasteiger partial charge in [0.25, 0.3) is 0 Å². The molecule has 0 bridgehead atoms. The van der Waals surface area contributed by atoms with Crippen LogP contribution in [0.3, 0.4) is 0 Å². The van der Waals surface area contributed by atoms with E-state index in [1.165, 1.54) is 5.56 Å². The van der Waals surface area contributed by atoms with Gasteiger partial charge in [-0.05, 0) is 42.8 Å². The Balaban J connectivity index is 0.00000180. The van der Waals surface area contributed by atoms with Crippen LogP contribution in [0, 0.1) is 6.92 Å². The Morgan fingerprint density at radius 1 is 1.26 bits per heavy atom. The largest absolute Gasteiger partial charge is 0.460 e. The molecule has 5 heteroatoms. The number of nitrogens with one attached hydrogen (secondary N) is 1. The van der Waals surface area contributed by atoms with Gasteiger partial charge in [-0.1, -0.05) is 15.9 Å².